The molecule has 2 N–H and O–H groups in total. The van der Waals surface area contributed by atoms with Crippen LogP contribution in [0.1, 0.15) is 17.5 Å². The number of para-hydroxylation sites is 1. The van der Waals surface area contributed by atoms with E-state index in [1.807, 2.05) is 36.0 Å². The number of benzene rings is 1. The number of furan rings is 1. The van der Waals surface area contributed by atoms with Crippen molar-refractivity contribution >= 4 is 26.8 Å². The van der Waals surface area contributed by atoms with Gasteiger partial charge >= 0.3 is 0 Å². The van der Waals surface area contributed by atoms with Gasteiger partial charge in [0.1, 0.15) is 5.76 Å². The summed E-state index contributed by atoms with van der Waals surface area (Å²) in [6.45, 7) is 0. The maximum absolute atomic E-state index is 6.18. The molecule has 0 bridgehead atoms. The van der Waals surface area contributed by atoms with Crippen LogP contribution in [-0.2, 0) is 13.5 Å². The van der Waals surface area contributed by atoms with Crippen LogP contribution in [0.25, 0.3) is 10.9 Å². The molecule has 1 atom stereocenters. The van der Waals surface area contributed by atoms with Gasteiger partial charge in [-0.1, -0.05) is 18.2 Å². The zero-order chi connectivity index (χ0) is 13.4. The van der Waals surface area contributed by atoms with Gasteiger partial charge in [-0.2, -0.15) is 5.10 Å². The van der Waals surface area contributed by atoms with Gasteiger partial charge < -0.3 is 10.2 Å². The molecule has 19 heavy (non-hydrogen) atoms. The summed E-state index contributed by atoms with van der Waals surface area (Å²) in [7, 11) is 1.95. The molecule has 4 nitrogen and oxygen atoms in total. The van der Waals surface area contributed by atoms with Crippen LogP contribution in [0.2, 0.25) is 0 Å². The molecule has 0 aliphatic heterocycles. The SMILES string of the molecule is Cn1nc(CC(N)c2ccc(Br)o2)c2ccccc21. The summed E-state index contributed by atoms with van der Waals surface area (Å²) in [6.07, 6.45) is 0.654. The number of aryl methyl sites for hydroxylation is 1. The Labute approximate surface area is 119 Å². The summed E-state index contributed by atoms with van der Waals surface area (Å²) in [5, 5.41) is 5.69. The van der Waals surface area contributed by atoms with E-state index < -0.39 is 0 Å². The van der Waals surface area contributed by atoms with Crippen LogP contribution >= 0.6 is 15.9 Å². The lowest BCUT2D eigenvalue weighted by atomic mass is 10.1. The third kappa shape index (κ3) is 2.31. The van der Waals surface area contributed by atoms with Crippen molar-refractivity contribution in [1.82, 2.24) is 9.78 Å². The molecule has 2 heterocycles. The van der Waals surface area contributed by atoms with E-state index in [1.54, 1.807) is 0 Å². The fourth-order valence-corrected chi connectivity index (χ4v) is 2.59. The molecular formula is C14H14BrN3O. The van der Waals surface area contributed by atoms with Gasteiger partial charge in [0.05, 0.1) is 17.3 Å². The highest BCUT2D eigenvalue weighted by atomic mass is 79.9. The number of nitrogens with zero attached hydrogens (tertiary/aromatic N) is 2. The minimum Gasteiger partial charge on any atom is -0.453 e. The van der Waals surface area contributed by atoms with E-state index in [1.165, 1.54) is 0 Å². The zero-order valence-electron chi connectivity index (χ0n) is 10.5. The van der Waals surface area contributed by atoms with E-state index in [0.717, 1.165) is 22.4 Å². The topological polar surface area (TPSA) is 57.0 Å². The summed E-state index contributed by atoms with van der Waals surface area (Å²) in [5.41, 5.74) is 8.29. The lowest BCUT2D eigenvalue weighted by Gasteiger charge is -2.06. The first-order valence-electron chi connectivity index (χ1n) is 6.06. The number of rotatable bonds is 3. The third-order valence-corrected chi connectivity index (χ3v) is 3.63. The number of nitrogens with two attached hydrogens (primary N) is 1. The van der Waals surface area contributed by atoms with Crippen molar-refractivity contribution < 1.29 is 4.42 Å². The van der Waals surface area contributed by atoms with Crippen molar-refractivity contribution in [1.29, 1.82) is 0 Å². The van der Waals surface area contributed by atoms with Crippen molar-refractivity contribution in [2.24, 2.45) is 12.8 Å². The smallest absolute Gasteiger partial charge is 0.169 e. The number of fused-ring (bicyclic) bond motifs is 1. The zero-order valence-corrected chi connectivity index (χ0v) is 12.1. The Hall–Kier alpha value is -1.59. The molecule has 3 aromatic rings. The molecule has 2 aromatic heterocycles. The summed E-state index contributed by atoms with van der Waals surface area (Å²) in [5.74, 6) is 0.765. The third-order valence-electron chi connectivity index (χ3n) is 3.21. The largest absolute Gasteiger partial charge is 0.453 e. The van der Waals surface area contributed by atoms with Crippen LogP contribution < -0.4 is 5.73 Å². The molecule has 98 valence electrons. The van der Waals surface area contributed by atoms with Crippen LogP contribution in [0.15, 0.2) is 45.5 Å². The maximum atomic E-state index is 6.18. The highest BCUT2D eigenvalue weighted by Gasteiger charge is 2.15. The molecule has 0 amide bonds. The van der Waals surface area contributed by atoms with Gasteiger partial charge in [0, 0.05) is 18.9 Å². The molecule has 1 unspecified atom stereocenters. The van der Waals surface area contributed by atoms with E-state index in [0.29, 0.717) is 11.1 Å². The van der Waals surface area contributed by atoms with E-state index in [9.17, 15) is 0 Å². The lowest BCUT2D eigenvalue weighted by molar-refractivity contribution is 0.446. The minimum atomic E-state index is -0.190. The lowest BCUT2D eigenvalue weighted by Crippen LogP contribution is -2.13. The first kappa shape index (κ1) is 12.4. The molecule has 3 rings (SSSR count). The first-order valence-corrected chi connectivity index (χ1v) is 6.86. The summed E-state index contributed by atoms with van der Waals surface area (Å²) < 4.78 is 8.08. The van der Waals surface area contributed by atoms with Crippen LogP contribution in [0.4, 0.5) is 0 Å². The molecule has 1 aromatic carbocycles. The van der Waals surface area contributed by atoms with Crippen molar-refractivity contribution in [3.8, 4) is 0 Å². The second kappa shape index (κ2) is 4.83. The molecule has 0 fully saturated rings. The molecule has 0 aliphatic carbocycles. The van der Waals surface area contributed by atoms with Crippen LogP contribution in [0.3, 0.4) is 0 Å². The highest BCUT2D eigenvalue weighted by molar-refractivity contribution is 9.10. The van der Waals surface area contributed by atoms with Gasteiger partial charge in [-0.25, -0.2) is 0 Å². The fourth-order valence-electron chi connectivity index (χ4n) is 2.28. The van der Waals surface area contributed by atoms with E-state index in [4.69, 9.17) is 10.2 Å². The monoisotopic (exact) mass is 319 g/mol. The number of hydrogen-bond donors (Lipinski definition) is 1. The molecule has 0 aliphatic rings. The Balaban J connectivity index is 1.93. The number of aromatic nitrogens is 2. The number of hydrogen-bond acceptors (Lipinski definition) is 3. The molecule has 0 spiro atoms. The van der Waals surface area contributed by atoms with Crippen LogP contribution in [0, 0.1) is 0 Å². The quantitative estimate of drug-likeness (QED) is 0.806. The van der Waals surface area contributed by atoms with Crippen molar-refractivity contribution in [3.63, 3.8) is 0 Å². The molecule has 0 radical (unpaired) electrons. The molecular weight excluding hydrogens is 306 g/mol. The Morgan fingerprint density at radius 2 is 2.11 bits per heavy atom. The van der Waals surface area contributed by atoms with Crippen molar-refractivity contribution in [3.05, 3.63) is 52.5 Å². The summed E-state index contributed by atoms with van der Waals surface area (Å²) >= 11 is 3.29. The molecule has 5 heteroatoms. The minimum absolute atomic E-state index is 0.190. The molecule has 0 saturated carbocycles. The Morgan fingerprint density at radius 1 is 1.32 bits per heavy atom. The predicted octanol–water partition coefficient (Wildman–Crippen LogP) is 3.17. The Bertz CT molecular complexity index is 716. The average Bonchev–Trinajstić information content (AvgIpc) is 2.96. The van der Waals surface area contributed by atoms with Gasteiger partial charge in [0.25, 0.3) is 0 Å². The van der Waals surface area contributed by atoms with Gasteiger partial charge in [-0.15, -0.1) is 0 Å². The standard InChI is InChI=1S/C14H14BrN3O/c1-18-12-5-3-2-4-9(12)11(17-18)8-10(16)13-6-7-14(15)19-13/h2-7,10H,8,16H2,1H3. The van der Waals surface area contributed by atoms with E-state index in [2.05, 4.69) is 33.2 Å². The number of halogens is 1. The highest BCUT2D eigenvalue weighted by Crippen LogP contribution is 2.24. The first-order chi connectivity index (χ1) is 9.15. The average molecular weight is 320 g/mol. The van der Waals surface area contributed by atoms with Gasteiger partial charge in [0.2, 0.25) is 0 Å². The normalized spacial score (nSPS) is 13.0. The van der Waals surface area contributed by atoms with E-state index in [-0.39, 0.29) is 6.04 Å². The predicted molar refractivity (Wildman–Crippen MR) is 77.8 cm³/mol. The summed E-state index contributed by atoms with van der Waals surface area (Å²) in [4.78, 5) is 0. The van der Waals surface area contributed by atoms with Crippen LogP contribution in [0.5, 0.6) is 0 Å². The van der Waals surface area contributed by atoms with Crippen molar-refractivity contribution in [2.45, 2.75) is 12.5 Å². The Kier molecular flexibility index (Phi) is 3.16. The van der Waals surface area contributed by atoms with Gasteiger partial charge in [-0.3, -0.25) is 4.68 Å². The van der Waals surface area contributed by atoms with Gasteiger partial charge in [0.15, 0.2) is 4.67 Å². The van der Waals surface area contributed by atoms with Crippen LogP contribution in [-0.4, -0.2) is 9.78 Å². The van der Waals surface area contributed by atoms with Crippen molar-refractivity contribution in [2.75, 3.05) is 0 Å². The van der Waals surface area contributed by atoms with E-state index >= 15 is 0 Å². The Morgan fingerprint density at radius 3 is 2.84 bits per heavy atom. The second-order valence-corrected chi connectivity index (χ2v) is 5.32. The molecule has 0 saturated heterocycles. The summed E-state index contributed by atoms with van der Waals surface area (Å²) in [6, 6.07) is 11.7. The maximum Gasteiger partial charge on any atom is 0.169 e. The van der Waals surface area contributed by atoms with Gasteiger partial charge in [-0.05, 0) is 34.1 Å². The second-order valence-electron chi connectivity index (χ2n) is 4.54. The fraction of sp³-hybridized carbons (Fsp3) is 0.214.